The number of nitrogens with one attached hydrogen (secondary N) is 1. The molecule has 1 aromatic carbocycles. The first-order valence-electron chi connectivity index (χ1n) is 6.96. The Bertz CT molecular complexity index is 482. The van der Waals surface area contributed by atoms with Gasteiger partial charge in [-0.2, -0.15) is 13.2 Å². The molecule has 2 rings (SSSR count). The van der Waals surface area contributed by atoms with Crippen LogP contribution in [-0.4, -0.2) is 25.7 Å². The van der Waals surface area contributed by atoms with E-state index in [0.717, 1.165) is 38.2 Å². The minimum absolute atomic E-state index is 0.0366. The van der Waals surface area contributed by atoms with E-state index in [1.54, 1.807) is 0 Å². The Hall–Kier alpha value is -1.56. The minimum atomic E-state index is -4.38. The lowest BCUT2D eigenvalue weighted by molar-refractivity contribution is -0.137. The molecule has 1 saturated heterocycles. The number of carbonyl (C=O) groups excluding carboxylic acids is 1. The third-order valence-electron chi connectivity index (χ3n) is 3.52. The molecule has 1 heterocycles. The average Bonchev–Trinajstić information content (AvgIpc) is 2.91. The molecule has 0 aromatic heterocycles. The molecule has 1 aromatic rings. The molecule has 6 heteroatoms. The summed E-state index contributed by atoms with van der Waals surface area (Å²) in [6.07, 6.45) is -2.57. The third kappa shape index (κ3) is 5.04. The van der Waals surface area contributed by atoms with E-state index in [2.05, 4.69) is 5.32 Å². The number of rotatable bonds is 5. The van der Waals surface area contributed by atoms with Crippen molar-refractivity contribution in [3.05, 3.63) is 35.4 Å². The van der Waals surface area contributed by atoms with Crippen molar-refractivity contribution >= 4 is 5.91 Å². The standard InChI is InChI=1S/C15H18F3NO2/c16-15(17,18)13-3-1-2-12(8-13)9-14(20)19-6-4-11-5-7-21-10-11/h1-3,8,11H,4-7,9-10H2,(H,19,20)/t11-/m0/s1. The first-order valence-corrected chi connectivity index (χ1v) is 6.96. The number of benzene rings is 1. The molecule has 1 amide bonds. The van der Waals surface area contributed by atoms with Crippen molar-refractivity contribution in [1.29, 1.82) is 0 Å². The molecule has 0 bridgehead atoms. The first kappa shape index (κ1) is 15.8. The van der Waals surface area contributed by atoms with E-state index in [9.17, 15) is 18.0 Å². The Labute approximate surface area is 121 Å². The normalized spacial score (nSPS) is 18.7. The molecule has 1 aliphatic rings. The predicted octanol–water partition coefficient (Wildman–Crippen LogP) is 2.79. The molecule has 1 N–H and O–H groups in total. The molecule has 0 spiro atoms. The Morgan fingerprint density at radius 1 is 1.38 bits per heavy atom. The highest BCUT2D eigenvalue weighted by Crippen LogP contribution is 2.29. The van der Waals surface area contributed by atoms with E-state index in [1.165, 1.54) is 12.1 Å². The number of amides is 1. The zero-order chi connectivity index (χ0) is 15.3. The maximum absolute atomic E-state index is 12.6. The van der Waals surface area contributed by atoms with Crippen LogP contribution >= 0.6 is 0 Å². The van der Waals surface area contributed by atoms with E-state index >= 15 is 0 Å². The Morgan fingerprint density at radius 3 is 2.86 bits per heavy atom. The van der Waals surface area contributed by atoms with Gasteiger partial charge in [-0.1, -0.05) is 18.2 Å². The fourth-order valence-corrected chi connectivity index (χ4v) is 2.33. The second-order valence-electron chi connectivity index (χ2n) is 5.24. The number of hydrogen-bond acceptors (Lipinski definition) is 2. The highest BCUT2D eigenvalue weighted by molar-refractivity contribution is 5.78. The lowest BCUT2D eigenvalue weighted by Crippen LogP contribution is -2.27. The molecule has 0 saturated carbocycles. The van der Waals surface area contributed by atoms with Gasteiger partial charge in [-0.25, -0.2) is 0 Å². The fourth-order valence-electron chi connectivity index (χ4n) is 2.33. The summed E-state index contributed by atoms with van der Waals surface area (Å²) in [7, 11) is 0. The van der Waals surface area contributed by atoms with Crippen LogP contribution < -0.4 is 5.32 Å². The molecular weight excluding hydrogens is 283 g/mol. The van der Waals surface area contributed by atoms with Gasteiger partial charge in [-0.05, 0) is 30.4 Å². The van der Waals surface area contributed by atoms with Crippen molar-refractivity contribution in [2.24, 2.45) is 5.92 Å². The summed E-state index contributed by atoms with van der Waals surface area (Å²) in [5.41, 5.74) is -0.359. The van der Waals surface area contributed by atoms with Crippen LogP contribution in [0.2, 0.25) is 0 Å². The summed E-state index contributed by atoms with van der Waals surface area (Å²) in [4.78, 5) is 11.7. The van der Waals surface area contributed by atoms with Crippen molar-refractivity contribution in [2.75, 3.05) is 19.8 Å². The molecule has 1 fully saturated rings. The fraction of sp³-hybridized carbons (Fsp3) is 0.533. The van der Waals surface area contributed by atoms with Crippen molar-refractivity contribution in [2.45, 2.75) is 25.4 Å². The summed E-state index contributed by atoms with van der Waals surface area (Å²) >= 11 is 0. The largest absolute Gasteiger partial charge is 0.416 e. The van der Waals surface area contributed by atoms with Gasteiger partial charge in [0.2, 0.25) is 5.91 Å². The smallest absolute Gasteiger partial charge is 0.381 e. The number of ether oxygens (including phenoxy) is 1. The van der Waals surface area contributed by atoms with Gasteiger partial charge >= 0.3 is 6.18 Å². The summed E-state index contributed by atoms with van der Waals surface area (Å²) in [6, 6.07) is 4.87. The first-order chi connectivity index (χ1) is 9.95. The summed E-state index contributed by atoms with van der Waals surface area (Å²) < 4.78 is 42.9. The van der Waals surface area contributed by atoms with Crippen LogP contribution in [0.4, 0.5) is 13.2 Å². The van der Waals surface area contributed by atoms with Crippen LogP contribution in [0.5, 0.6) is 0 Å². The van der Waals surface area contributed by atoms with Crippen molar-refractivity contribution in [1.82, 2.24) is 5.32 Å². The van der Waals surface area contributed by atoms with Crippen molar-refractivity contribution in [3.63, 3.8) is 0 Å². The Kier molecular flexibility index (Phi) is 5.22. The van der Waals surface area contributed by atoms with E-state index in [1.807, 2.05) is 0 Å². The molecule has 3 nitrogen and oxygen atoms in total. The monoisotopic (exact) mass is 301 g/mol. The lowest BCUT2D eigenvalue weighted by atomic mass is 10.0. The third-order valence-corrected chi connectivity index (χ3v) is 3.52. The number of hydrogen-bond donors (Lipinski definition) is 1. The zero-order valence-corrected chi connectivity index (χ0v) is 11.6. The van der Waals surface area contributed by atoms with Gasteiger partial charge < -0.3 is 10.1 Å². The number of carbonyl (C=O) groups is 1. The summed E-state index contributed by atoms with van der Waals surface area (Å²) in [5, 5.41) is 2.74. The molecule has 21 heavy (non-hydrogen) atoms. The Balaban J connectivity index is 1.79. The van der Waals surface area contributed by atoms with Crippen LogP contribution in [-0.2, 0) is 22.1 Å². The van der Waals surface area contributed by atoms with Gasteiger partial charge in [0, 0.05) is 19.8 Å². The molecule has 116 valence electrons. The van der Waals surface area contributed by atoms with E-state index in [-0.39, 0.29) is 12.3 Å². The predicted molar refractivity (Wildman–Crippen MR) is 71.7 cm³/mol. The summed E-state index contributed by atoms with van der Waals surface area (Å²) in [5.74, 6) is 0.215. The van der Waals surface area contributed by atoms with E-state index in [4.69, 9.17) is 4.74 Å². The summed E-state index contributed by atoms with van der Waals surface area (Å²) in [6.45, 7) is 2.03. The van der Waals surface area contributed by atoms with E-state index in [0.29, 0.717) is 18.0 Å². The number of alkyl halides is 3. The van der Waals surface area contributed by atoms with E-state index < -0.39 is 11.7 Å². The van der Waals surface area contributed by atoms with Crippen LogP contribution in [0.15, 0.2) is 24.3 Å². The molecule has 0 radical (unpaired) electrons. The van der Waals surface area contributed by atoms with Crippen molar-refractivity contribution in [3.8, 4) is 0 Å². The SMILES string of the molecule is O=C(Cc1cccc(C(F)(F)F)c1)NCC[C@H]1CCOC1. The molecule has 0 unspecified atom stereocenters. The maximum atomic E-state index is 12.6. The molecule has 1 aliphatic heterocycles. The van der Waals surface area contributed by atoms with Crippen LogP contribution in [0.25, 0.3) is 0 Å². The molecule has 1 atom stereocenters. The van der Waals surface area contributed by atoms with Gasteiger partial charge in [0.25, 0.3) is 0 Å². The van der Waals surface area contributed by atoms with Crippen molar-refractivity contribution < 1.29 is 22.7 Å². The van der Waals surface area contributed by atoms with Crippen LogP contribution in [0.1, 0.15) is 24.0 Å². The van der Waals surface area contributed by atoms with Gasteiger partial charge in [-0.15, -0.1) is 0 Å². The quantitative estimate of drug-likeness (QED) is 0.908. The molecular formula is C15H18F3NO2. The highest BCUT2D eigenvalue weighted by Gasteiger charge is 2.30. The van der Waals surface area contributed by atoms with Gasteiger partial charge in [0.05, 0.1) is 12.0 Å². The number of halogens is 3. The lowest BCUT2D eigenvalue weighted by Gasteiger charge is -2.10. The van der Waals surface area contributed by atoms with Gasteiger partial charge in [0.15, 0.2) is 0 Å². The van der Waals surface area contributed by atoms with Crippen LogP contribution in [0, 0.1) is 5.92 Å². The van der Waals surface area contributed by atoms with Gasteiger partial charge in [0.1, 0.15) is 0 Å². The second-order valence-corrected chi connectivity index (χ2v) is 5.24. The molecule has 0 aliphatic carbocycles. The average molecular weight is 301 g/mol. The van der Waals surface area contributed by atoms with Crippen LogP contribution in [0.3, 0.4) is 0 Å². The Morgan fingerprint density at radius 2 is 2.19 bits per heavy atom. The maximum Gasteiger partial charge on any atom is 0.416 e. The second kappa shape index (κ2) is 6.93. The topological polar surface area (TPSA) is 38.3 Å². The zero-order valence-electron chi connectivity index (χ0n) is 11.6. The minimum Gasteiger partial charge on any atom is -0.381 e. The highest BCUT2D eigenvalue weighted by atomic mass is 19.4. The van der Waals surface area contributed by atoms with Gasteiger partial charge in [-0.3, -0.25) is 4.79 Å².